The van der Waals surface area contributed by atoms with Crippen molar-refractivity contribution in [3.8, 4) is 23.5 Å². The summed E-state index contributed by atoms with van der Waals surface area (Å²) >= 11 is 0. The van der Waals surface area contributed by atoms with E-state index in [2.05, 4.69) is 30.6 Å². The molecule has 0 amide bonds. The van der Waals surface area contributed by atoms with Crippen LogP contribution in [0.15, 0.2) is 36.4 Å². The van der Waals surface area contributed by atoms with E-state index in [-0.39, 0.29) is 0 Å². The molecule has 0 unspecified atom stereocenters. The van der Waals surface area contributed by atoms with Gasteiger partial charge in [0.05, 0.1) is 40.6 Å². The monoisotopic (exact) mass is 412 g/mol. The largest absolute Gasteiger partial charge is 0.481 e. The molecule has 0 aliphatic heterocycles. The summed E-state index contributed by atoms with van der Waals surface area (Å²) in [5.74, 6) is 2.59. The summed E-state index contributed by atoms with van der Waals surface area (Å²) in [5, 5.41) is 6.33. The number of nitrogens with one attached hydrogen (secondary N) is 2. The minimum atomic E-state index is 0.432. The Kier molecular flexibility index (Phi) is 7.04. The first kappa shape index (κ1) is 20.9. The molecule has 0 saturated carbocycles. The second-order valence-corrected chi connectivity index (χ2v) is 6.08. The third-order valence-corrected chi connectivity index (χ3v) is 4.12. The zero-order chi connectivity index (χ0) is 21.3. The highest BCUT2D eigenvalue weighted by Crippen LogP contribution is 2.19. The zero-order valence-electron chi connectivity index (χ0n) is 17.3. The predicted molar refractivity (Wildman–Crippen MR) is 111 cm³/mol. The van der Waals surface area contributed by atoms with E-state index in [4.69, 9.17) is 18.9 Å². The molecule has 0 radical (unpaired) electrons. The highest BCUT2D eigenvalue weighted by molar-refractivity contribution is 5.37. The van der Waals surface area contributed by atoms with Gasteiger partial charge in [-0.1, -0.05) is 24.3 Å². The highest BCUT2D eigenvalue weighted by Gasteiger charge is 2.07. The standard InChI is InChI=1S/C20H24N6O4/c1-27-15-9-16(28-2)24-19(23-15)21-11-13-5-7-14(8-6-13)12-22-20-25-17(29-3)10-18(26-20)30-4/h5-10H,11-12H2,1-4H3,(H,21,23,24)(H,22,25,26). The van der Waals surface area contributed by atoms with Gasteiger partial charge in [-0.05, 0) is 11.1 Å². The summed E-state index contributed by atoms with van der Waals surface area (Å²) < 4.78 is 20.6. The first-order valence-corrected chi connectivity index (χ1v) is 9.13. The van der Waals surface area contributed by atoms with Gasteiger partial charge in [0, 0.05) is 13.1 Å². The van der Waals surface area contributed by atoms with E-state index in [0.29, 0.717) is 48.5 Å². The number of aromatic nitrogens is 4. The van der Waals surface area contributed by atoms with Gasteiger partial charge < -0.3 is 29.6 Å². The van der Waals surface area contributed by atoms with Gasteiger partial charge in [0.1, 0.15) is 0 Å². The lowest BCUT2D eigenvalue weighted by Crippen LogP contribution is -2.07. The van der Waals surface area contributed by atoms with Gasteiger partial charge in [-0.15, -0.1) is 0 Å². The molecule has 0 spiro atoms. The van der Waals surface area contributed by atoms with E-state index in [9.17, 15) is 0 Å². The normalized spacial score (nSPS) is 10.3. The van der Waals surface area contributed by atoms with E-state index < -0.39 is 0 Å². The summed E-state index contributed by atoms with van der Waals surface area (Å²) in [4.78, 5) is 17.0. The third-order valence-electron chi connectivity index (χ3n) is 4.12. The molecule has 2 N–H and O–H groups in total. The molecule has 2 aromatic heterocycles. The summed E-state index contributed by atoms with van der Waals surface area (Å²) in [6, 6.07) is 11.3. The van der Waals surface area contributed by atoms with Gasteiger partial charge in [-0.3, -0.25) is 0 Å². The lowest BCUT2D eigenvalue weighted by Gasteiger charge is -2.10. The Morgan fingerprint density at radius 3 is 1.13 bits per heavy atom. The van der Waals surface area contributed by atoms with Crippen molar-refractivity contribution in [2.75, 3.05) is 39.1 Å². The number of ether oxygens (including phenoxy) is 4. The topological polar surface area (TPSA) is 113 Å². The summed E-state index contributed by atoms with van der Waals surface area (Å²) in [6.45, 7) is 1.11. The molecule has 1 aromatic carbocycles. The molecule has 0 bridgehead atoms. The van der Waals surface area contributed by atoms with Crippen molar-refractivity contribution in [1.29, 1.82) is 0 Å². The Morgan fingerprint density at radius 1 is 0.567 bits per heavy atom. The average Bonchev–Trinajstić information content (AvgIpc) is 2.81. The SMILES string of the molecule is COc1cc(OC)nc(NCc2ccc(CNc3nc(OC)cc(OC)n3)cc2)n1. The van der Waals surface area contributed by atoms with Crippen LogP contribution in [-0.2, 0) is 13.1 Å². The number of hydrogen-bond donors (Lipinski definition) is 2. The molecular formula is C20H24N6O4. The second kappa shape index (κ2) is 10.1. The van der Waals surface area contributed by atoms with Crippen LogP contribution in [0.3, 0.4) is 0 Å². The fraction of sp³-hybridized carbons (Fsp3) is 0.300. The first-order chi connectivity index (χ1) is 14.6. The first-order valence-electron chi connectivity index (χ1n) is 9.13. The van der Waals surface area contributed by atoms with Crippen molar-refractivity contribution in [3.05, 3.63) is 47.5 Å². The second-order valence-electron chi connectivity index (χ2n) is 6.08. The molecule has 3 aromatic rings. The molecule has 0 aliphatic rings. The molecule has 158 valence electrons. The van der Waals surface area contributed by atoms with Crippen LogP contribution in [0.25, 0.3) is 0 Å². The molecule has 0 saturated heterocycles. The van der Waals surface area contributed by atoms with Crippen molar-refractivity contribution in [2.45, 2.75) is 13.1 Å². The molecule has 3 rings (SSSR count). The minimum absolute atomic E-state index is 0.432. The van der Waals surface area contributed by atoms with Crippen LogP contribution < -0.4 is 29.6 Å². The van der Waals surface area contributed by atoms with E-state index in [1.807, 2.05) is 24.3 Å². The fourth-order valence-electron chi connectivity index (χ4n) is 2.52. The molecule has 0 fully saturated rings. The summed E-state index contributed by atoms with van der Waals surface area (Å²) in [6.07, 6.45) is 0. The van der Waals surface area contributed by atoms with Crippen molar-refractivity contribution < 1.29 is 18.9 Å². The predicted octanol–water partition coefficient (Wildman–Crippen LogP) is 2.53. The van der Waals surface area contributed by atoms with Crippen molar-refractivity contribution in [2.24, 2.45) is 0 Å². The van der Waals surface area contributed by atoms with Crippen LogP contribution in [0.4, 0.5) is 11.9 Å². The Hall–Kier alpha value is -3.82. The van der Waals surface area contributed by atoms with Crippen LogP contribution in [-0.4, -0.2) is 48.4 Å². The Bertz CT molecular complexity index is 845. The van der Waals surface area contributed by atoms with Crippen molar-refractivity contribution in [3.63, 3.8) is 0 Å². The maximum absolute atomic E-state index is 5.15. The molecular weight excluding hydrogens is 388 g/mol. The van der Waals surface area contributed by atoms with E-state index >= 15 is 0 Å². The Morgan fingerprint density at radius 2 is 0.867 bits per heavy atom. The van der Waals surface area contributed by atoms with Crippen LogP contribution >= 0.6 is 0 Å². The number of nitrogens with zero attached hydrogens (tertiary/aromatic N) is 4. The van der Waals surface area contributed by atoms with Crippen LogP contribution in [0.1, 0.15) is 11.1 Å². The number of hydrogen-bond acceptors (Lipinski definition) is 10. The minimum Gasteiger partial charge on any atom is -0.481 e. The maximum Gasteiger partial charge on any atom is 0.229 e. The quantitative estimate of drug-likeness (QED) is 0.515. The van der Waals surface area contributed by atoms with Gasteiger partial charge in [0.25, 0.3) is 0 Å². The molecule has 2 heterocycles. The molecule has 0 atom stereocenters. The smallest absolute Gasteiger partial charge is 0.229 e. The van der Waals surface area contributed by atoms with Gasteiger partial charge in [0.15, 0.2) is 0 Å². The van der Waals surface area contributed by atoms with Crippen molar-refractivity contribution in [1.82, 2.24) is 19.9 Å². The van der Waals surface area contributed by atoms with E-state index in [1.165, 1.54) is 0 Å². The van der Waals surface area contributed by atoms with Gasteiger partial charge in [-0.25, -0.2) is 0 Å². The highest BCUT2D eigenvalue weighted by atomic mass is 16.5. The fourth-order valence-corrected chi connectivity index (χ4v) is 2.52. The zero-order valence-corrected chi connectivity index (χ0v) is 17.3. The lowest BCUT2D eigenvalue weighted by atomic mass is 10.1. The number of rotatable bonds is 10. The molecule has 10 heteroatoms. The third kappa shape index (κ3) is 5.60. The number of anilines is 2. The van der Waals surface area contributed by atoms with Gasteiger partial charge in [-0.2, -0.15) is 19.9 Å². The van der Waals surface area contributed by atoms with Crippen LogP contribution in [0, 0.1) is 0 Å². The summed E-state index contributed by atoms with van der Waals surface area (Å²) in [5.41, 5.74) is 2.15. The van der Waals surface area contributed by atoms with E-state index in [1.54, 1.807) is 40.6 Å². The molecule has 30 heavy (non-hydrogen) atoms. The van der Waals surface area contributed by atoms with Gasteiger partial charge in [0.2, 0.25) is 35.4 Å². The maximum atomic E-state index is 5.15. The van der Waals surface area contributed by atoms with Crippen molar-refractivity contribution >= 4 is 11.9 Å². The number of benzene rings is 1. The van der Waals surface area contributed by atoms with Gasteiger partial charge >= 0.3 is 0 Å². The number of methoxy groups -OCH3 is 4. The van der Waals surface area contributed by atoms with E-state index in [0.717, 1.165) is 11.1 Å². The Labute approximate surface area is 174 Å². The van der Waals surface area contributed by atoms with Crippen LogP contribution in [0.5, 0.6) is 23.5 Å². The molecule has 10 nitrogen and oxygen atoms in total. The molecule has 0 aliphatic carbocycles. The van der Waals surface area contributed by atoms with Crippen LogP contribution in [0.2, 0.25) is 0 Å². The average molecular weight is 412 g/mol. The lowest BCUT2D eigenvalue weighted by molar-refractivity contribution is 0.372. The summed E-state index contributed by atoms with van der Waals surface area (Å²) in [7, 11) is 6.19. The Balaban J connectivity index is 1.58.